The summed E-state index contributed by atoms with van der Waals surface area (Å²) in [5, 5.41) is 7.80. The molecule has 0 atom stereocenters. The van der Waals surface area contributed by atoms with E-state index in [1.54, 1.807) is 12.3 Å². The van der Waals surface area contributed by atoms with Crippen LogP contribution in [0.3, 0.4) is 0 Å². The zero-order valence-electron chi connectivity index (χ0n) is 12.0. The van der Waals surface area contributed by atoms with Crippen molar-refractivity contribution in [3.05, 3.63) is 58.2 Å². The number of hydrazone groups is 1. The number of pyridine rings is 1. The van der Waals surface area contributed by atoms with Gasteiger partial charge in [0.05, 0.1) is 24.3 Å². The van der Waals surface area contributed by atoms with Gasteiger partial charge in [-0.05, 0) is 24.3 Å². The van der Waals surface area contributed by atoms with Gasteiger partial charge in [0, 0.05) is 29.9 Å². The lowest BCUT2D eigenvalue weighted by molar-refractivity contribution is 0.271. The number of benzene rings is 1. The molecule has 0 aliphatic carbocycles. The van der Waals surface area contributed by atoms with E-state index in [1.807, 2.05) is 41.5 Å². The van der Waals surface area contributed by atoms with Crippen LogP contribution in [0.25, 0.3) is 0 Å². The van der Waals surface area contributed by atoms with Crippen LogP contribution >= 0.6 is 23.2 Å². The summed E-state index contributed by atoms with van der Waals surface area (Å²) in [6.45, 7) is 3.53. The molecule has 1 saturated heterocycles. The molecule has 1 aromatic heterocycles. The van der Waals surface area contributed by atoms with Crippen molar-refractivity contribution < 1.29 is 0 Å². The van der Waals surface area contributed by atoms with Gasteiger partial charge in [-0.2, -0.15) is 5.10 Å². The quantitative estimate of drug-likeness (QED) is 0.804. The molecule has 1 aliphatic heterocycles. The van der Waals surface area contributed by atoms with Gasteiger partial charge in [-0.25, -0.2) is 4.98 Å². The molecule has 0 radical (unpaired) electrons. The zero-order chi connectivity index (χ0) is 15.4. The number of anilines is 1. The van der Waals surface area contributed by atoms with Crippen LogP contribution in [0.2, 0.25) is 10.0 Å². The molecule has 0 saturated carbocycles. The largest absolute Gasteiger partial charge is 0.353 e. The molecule has 4 nitrogen and oxygen atoms in total. The highest BCUT2D eigenvalue weighted by Crippen LogP contribution is 2.19. The first kappa shape index (κ1) is 15.1. The summed E-state index contributed by atoms with van der Waals surface area (Å²) in [5.41, 5.74) is 0.873. The van der Waals surface area contributed by atoms with Gasteiger partial charge in [0.15, 0.2) is 0 Å². The van der Waals surface area contributed by atoms with Gasteiger partial charge in [0.1, 0.15) is 5.82 Å². The maximum Gasteiger partial charge on any atom is 0.128 e. The summed E-state index contributed by atoms with van der Waals surface area (Å²) in [4.78, 5) is 6.65. The summed E-state index contributed by atoms with van der Waals surface area (Å²) >= 11 is 12.0. The van der Waals surface area contributed by atoms with Crippen molar-refractivity contribution in [3.8, 4) is 0 Å². The minimum Gasteiger partial charge on any atom is -0.353 e. The average molecular weight is 335 g/mol. The maximum atomic E-state index is 6.14. The monoisotopic (exact) mass is 334 g/mol. The van der Waals surface area contributed by atoms with Gasteiger partial charge in [0.2, 0.25) is 0 Å². The molecule has 0 amide bonds. The van der Waals surface area contributed by atoms with Crippen LogP contribution in [0, 0.1) is 0 Å². The first-order valence-electron chi connectivity index (χ1n) is 7.12. The molecule has 1 aromatic carbocycles. The van der Waals surface area contributed by atoms with E-state index in [9.17, 15) is 0 Å². The van der Waals surface area contributed by atoms with Crippen molar-refractivity contribution in [2.75, 3.05) is 31.1 Å². The van der Waals surface area contributed by atoms with Gasteiger partial charge in [0.25, 0.3) is 0 Å². The van der Waals surface area contributed by atoms with E-state index in [1.165, 1.54) is 0 Å². The average Bonchev–Trinajstić information content (AvgIpc) is 2.55. The molecule has 0 N–H and O–H groups in total. The minimum absolute atomic E-state index is 0.614. The Morgan fingerprint density at radius 2 is 1.86 bits per heavy atom. The second-order valence-corrected chi connectivity index (χ2v) is 5.88. The Hall–Kier alpha value is -1.78. The van der Waals surface area contributed by atoms with Crippen LogP contribution in [0.1, 0.15) is 5.56 Å². The number of rotatable bonds is 3. The summed E-state index contributed by atoms with van der Waals surface area (Å²) < 4.78 is 0. The number of nitrogens with zero attached hydrogens (tertiary/aromatic N) is 4. The van der Waals surface area contributed by atoms with Crippen LogP contribution in [0.5, 0.6) is 0 Å². The maximum absolute atomic E-state index is 6.14. The van der Waals surface area contributed by atoms with Crippen molar-refractivity contribution >= 4 is 35.2 Å². The predicted octanol–water partition coefficient (Wildman–Crippen LogP) is 3.54. The fourth-order valence-electron chi connectivity index (χ4n) is 2.33. The van der Waals surface area contributed by atoms with E-state index < -0.39 is 0 Å². The third kappa shape index (κ3) is 3.70. The highest BCUT2D eigenvalue weighted by Gasteiger charge is 2.16. The summed E-state index contributed by atoms with van der Waals surface area (Å²) in [6.07, 6.45) is 3.61. The third-order valence-corrected chi connectivity index (χ3v) is 4.11. The van der Waals surface area contributed by atoms with E-state index in [4.69, 9.17) is 23.2 Å². The minimum atomic E-state index is 0.614. The van der Waals surface area contributed by atoms with Crippen molar-refractivity contribution in [2.24, 2.45) is 5.10 Å². The second-order valence-electron chi connectivity index (χ2n) is 5.04. The standard InChI is InChI=1S/C16H16Cl2N4/c17-14-5-4-13(15(18)11-14)12-20-22-9-7-21(8-10-22)16-3-1-2-6-19-16/h1-6,11-12H,7-10H2. The van der Waals surface area contributed by atoms with Crippen LogP contribution in [-0.2, 0) is 0 Å². The van der Waals surface area contributed by atoms with Crippen molar-refractivity contribution in [2.45, 2.75) is 0 Å². The normalized spacial score (nSPS) is 15.5. The van der Waals surface area contributed by atoms with Crippen molar-refractivity contribution in [1.82, 2.24) is 9.99 Å². The molecule has 114 valence electrons. The van der Waals surface area contributed by atoms with E-state index in [0.29, 0.717) is 10.0 Å². The lowest BCUT2D eigenvalue weighted by atomic mass is 10.2. The molecular weight excluding hydrogens is 319 g/mol. The van der Waals surface area contributed by atoms with Crippen LogP contribution < -0.4 is 4.90 Å². The number of hydrogen-bond donors (Lipinski definition) is 0. The van der Waals surface area contributed by atoms with Gasteiger partial charge >= 0.3 is 0 Å². The summed E-state index contributed by atoms with van der Waals surface area (Å²) in [6, 6.07) is 11.4. The van der Waals surface area contributed by atoms with Crippen LogP contribution in [-0.4, -0.2) is 42.4 Å². The molecule has 6 heteroatoms. The lowest BCUT2D eigenvalue weighted by Crippen LogP contribution is -2.44. The van der Waals surface area contributed by atoms with E-state index >= 15 is 0 Å². The van der Waals surface area contributed by atoms with Gasteiger partial charge in [-0.1, -0.05) is 35.3 Å². The van der Waals surface area contributed by atoms with Crippen LogP contribution in [0.15, 0.2) is 47.7 Å². The first-order valence-corrected chi connectivity index (χ1v) is 7.88. The van der Waals surface area contributed by atoms with Crippen molar-refractivity contribution in [1.29, 1.82) is 0 Å². The molecule has 0 unspecified atom stereocenters. The van der Waals surface area contributed by atoms with E-state index in [0.717, 1.165) is 37.6 Å². The highest BCUT2D eigenvalue weighted by atomic mass is 35.5. The number of piperazine rings is 1. The van der Waals surface area contributed by atoms with Crippen LogP contribution in [0.4, 0.5) is 5.82 Å². The Bertz CT molecular complexity index is 652. The molecule has 0 bridgehead atoms. The molecule has 22 heavy (non-hydrogen) atoms. The van der Waals surface area contributed by atoms with Gasteiger partial charge < -0.3 is 4.90 Å². The Kier molecular flexibility index (Phi) is 4.80. The SMILES string of the molecule is Clc1ccc(C=NN2CCN(c3ccccn3)CC2)c(Cl)c1. The molecule has 3 rings (SSSR count). The smallest absolute Gasteiger partial charge is 0.128 e. The predicted molar refractivity (Wildman–Crippen MR) is 92.1 cm³/mol. The number of halogens is 2. The molecule has 0 spiro atoms. The fraction of sp³-hybridized carbons (Fsp3) is 0.250. The van der Waals surface area contributed by atoms with Crippen molar-refractivity contribution in [3.63, 3.8) is 0 Å². The Labute approximate surface area is 140 Å². The zero-order valence-corrected chi connectivity index (χ0v) is 13.5. The molecule has 1 fully saturated rings. The molecule has 1 aliphatic rings. The van der Waals surface area contributed by atoms with Gasteiger partial charge in [-0.3, -0.25) is 5.01 Å². The Balaban J connectivity index is 1.59. The fourth-order valence-corrected chi connectivity index (χ4v) is 2.79. The Morgan fingerprint density at radius 3 is 2.55 bits per heavy atom. The summed E-state index contributed by atoms with van der Waals surface area (Å²) in [7, 11) is 0. The topological polar surface area (TPSA) is 31.7 Å². The Morgan fingerprint density at radius 1 is 1.05 bits per heavy atom. The number of hydrogen-bond acceptors (Lipinski definition) is 4. The second kappa shape index (κ2) is 6.99. The summed E-state index contributed by atoms with van der Waals surface area (Å²) in [5.74, 6) is 1.02. The highest BCUT2D eigenvalue weighted by molar-refractivity contribution is 6.36. The molecule has 2 heterocycles. The van der Waals surface area contributed by atoms with E-state index in [-0.39, 0.29) is 0 Å². The molecular formula is C16H16Cl2N4. The third-order valence-electron chi connectivity index (χ3n) is 3.55. The lowest BCUT2D eigenvalue weighted by Gasteiger charge is -2.33. The van der Waals surface area contributed by atoms with Gasteiger partial charge in [-0.15, -0.1) is 0 Å². The number of aromatic nitrogens is 1. The first-order chi connectivity index (χ1) is 10.7. The van der Waals surface area contributed by atoms with E-state index in [2.05, 4.69) is 15.0 Å². The molecule has 2 aromatic rings.